The fourth-order valence-electron chi connectivity index (χ4n) is 2.23. The molecule has 1 aromatic heterocycles. The van der Waals surface area contributed by atoms with E-state index in [-0.39, 0.29) is 10.5 Å². The van der Waals surface area contributed by atoms with Crippen LogP contribution in [0.25, 0.3) is 22.1 Å². The maximum Gasteiger partial charge on any atom is 0.339 e. The van der Waals surface area contributed by atoms with Gasteiger partial charge in [0, 0.05) is 5.39 Å². The van der Waals surface area contributed by atoms with E-state index in [1.54, 1.807) is 30.3 Å². The van der Waals surface area contributed by atoms with Crippen molar-refractivity contribution in [2.45, 2.75) is 4.90 Å². The zero-order valence-corrected chi connectivity index (χ0v) is 12.0. The van der Waals surface area contributed by atoms with E-state index in [1.165, 1.54) is 18.4 Å². The zero-order chi connectivity index (χ0) is 15.9. The van der Waals surface area contributed by atoms with Gasteiger partial charge in [0.2, 0.25) is 10.0 Å². The number of primary sulfonamides is 1. The number of sulfonamides is 1. The molecule has 0 aliphatic carbocycles. The molecule has 22 heavy (non-hydrogen) atoms. The number of carbonyl (C=O) groups is 1. The third-order valence-corrected chi connectivity index (χ3v) is 4.21. The predicted octanol–water partition coefficient (Wildman–Crippen LogP) is 2.45. The summed E-state index contributed by atoms with van der Waals surface area (Å²) in [6.45, 7) is 0. The summed E-state index contributed by atoms with van der Waals surface area (Å²) in [5.74, 6) is -1.09. The van der Waals surface area contributed by atoms with Gasteiger partial charge in [-0.3, -0.25) is 0 Å². The molecule has 0 radical (unpaired) electrons. The molecule has 3 N–H and O–H groups in total. The minimum absolute atomic E-state index is 0.00394. The molecule has 0 saturated heterocycles. The minimum atomic E-state index is -3.80. The number of carboxylic acids is 1. The molecule has 0 atom stereocenters. The lowest BCUT2D eigenvalue weighted by atomic mass is 10.0. The van der Waals surface area contributed by atoms with Crippen LogP contribution in [0.2, 0.25) is 0 Å². The SMILES string of the molecule is NS(=O)(=O)c1cccc(-c2ccc3occ(C(=O)O)c3c2)c1. The molecule has 0 aliphatic heterocycles. The highest BCUT2D eigenvalue weighted by Crippen LogP contribution is 2.29. The lowest BCUT2D eigenvalue weighted by Crippen LogP contribution is -2.11. The second-order valence-electron chi connectivity index (χ2n) is 4.74. The van der Waals surface area contributed by atoms with Crippen LogP contribution in [0.15, 0.2) is 58.0 Å². The summed E-state index contributed by atoms with van der Waals surface area (Å²) in [5, 5.41) is 14.7. The first kappa shape index (κ1) is 14.3. The number of nitrogens with two attached hydrogens (primary N) is 1. The molecule has 112 valence electrons. The van der Waals surface area contributed by atoms with Crippen molar-refractivity contribution in [1.29, 1.82) is 0 Å². The molecule has 3 rings (SSSR count). The molecule has 0 aliphatic rings. The van der Waals surface area contributed by atoms with Gasteiger partial charge >= 0.3 is 5.97 Å². The fraction of sp³-hybridized carbons (Fsp3) is 0. The summed E-state index contributed by atoms with van der Waals surface area (Å²) in [6, 6.07) is 11.1. The Bertz CT molecular complexity index is 988. The standard InChI is InChI=1S/C15H11NO5S/c16-22(19,20)11-3-1-2-9(6-11)10-4-5-14-12(7-10)13(8-21-14)15(17)18/h1-8H,(H,17,18)(H2,16,19,20). The van der Waals surface area contributed by atoms with Crippen LogP contribution >= 0.6 is 0 Å². The predicted molar refractivity (Wildman–Crippen MR) is 80.0 cm³/mol. The molecule has 0 spiro atoms. The van der Waals surface area contributed by atoms with E-state index in [0.29, 0.717) is 22.1 Å². The Morgan fingerprint density at radius 2 is 1.82 bits per heavy atom. The highest BCUT2D eigenvalue weighted by Gasteiger charge is 2.14. The molecule has 2 aromatic carbocycles. The van der Waals surface area contributed by atoms with Crippen molar-refractivity contribution in [3.8, 4) is 11.1 Å². The van der Waals surface area contributed by atoms with E-state index < -0.39 is 16.0 Å². The number of hydrogen-bond donors (Lipinski definition) is 2. The highest BCUT2D eigenvalue weighted by molar-refractivity contribution is 7.89. The van der Waals surface area contributed by atoms with Gasteiger partial charge in [-0.15, -0.1) is 0 Å². The third kappa shape index (κ3) is 2.47. The van der Waals surface area contributed by atoms with E-state index in [0.717, 1.165) is 0 Å². The quantitative estimate of drug-likeness (QED) is 0.770. The van der Waals surface area contributed by atoms with Crippen molar-refractivity contribution in [1.82, 2.24) is 0 Å². The molecule has 0 amide bonds. The monoisotopic (exact) mass is 317 g/mol. The van der Waals surface area contributed by atoms with Crippen molar-refractivity contribution in [2.24, 2.45) is 5.14 Å². The van der Waals surface area contributed by atoms with Crippen molar-refractivity contribution in [3.05, 3.63) is 54.3 Å². The van der Waals surface area contributed by atoms with Crippen LogP contribution in [-0.4, -0.2) is 19.5 Å². The van der Waals surface area contributed by atoms with E-state index in [2.05, 4.69) is 0 Å². The minimum Gasteiger partial charge on any atom is -0.478 e. The number of fused-ring (bicyclic) bond motifs is 1. The van der Waals surface area contributed by atoms with Crippen LogP contribution in [0.3, 0.4) is 0 Å². The average molecular weight is 317 g/mol. The van der Waals surface area contributed by atoms with Crippen LogP contribution in [0.5, 0.6) is 0 Å². The molecule has 1 heterocycles. The first-order valence-corrected chi connectivity index (χ1v) is 7.79. The summed E-state index contributed by atoms with van der Waals surface area (Å²) < 4.78 is 28.0. The number of aromatic carboxylic acids is 1. The Morgan fingerprint density at radius 1 is 1.09 bits per heavy atom. The Labute approximate surface area is 125 Å². The van der Waals surface area contributed by atoms with Gasteiger partial charge in [0.15, 0.2) is 0 Å². The summed E-state index contributed by atoms with van der Waals surface area (Å²) in [4.78, 5) is 11.1. The molecular formula is C15H11NO5S. The van der Waals surface area contributed by atoms with Crippen LogP contribution in [0.1, 0.15) is 10.4 Å². The van der Waals surface area contributed by atoms with E-state index in [4.69, 9.17) is 14.7 Å². The Kier molecular flexibility index (Phi) is 3.23. The number of carboxylic acid groups (broad SMARTS) is 1. The van der Waals surface area contributed by atoms with Gasteiger partial charge in [-0.25, -0.2) is 18.4 Å². The van der Waals surface area contributed by atoms with Crippen molar-refractivity contribution in [2.75, 3.05) is 0 Å². The molecule has 7 heteroatoms. The lowest BCUT2D eigenvalue weighted by Gasteiger charge is -2.04. The van der Waals surface area contributed by atoms with Gasteiger partial charge < -0.3 is 9.52 Å². The molecule has 0 fully saturated rings. The molecule has 0 saturated carbocycles. The van der Waals surface area contributed by atoms with Crippen molar-refractivity contribution < 1.29 is 22.7 Å². The largest absolute Gasteiger partial charge is 0.478 e. The van der Waals surface area contributed by atoms with Gasteiger partial charge in [-0.1, -0.05) is 18.2 Å². The maximum atomic E-state index is 11.4. The summed E-state index contributed by atoms with van der Waals surface area (Å²) in [5.41, 5.74) is 1.79. The summed E-state index contributed by atoms with van der Waals surface area (Å²) in [6.07, 6.45) is 1.18. The number of furan rings is 1. The summed E-state index contributed by atoms with van der Waals surface area (Å²) in [7, 11) is -3.80. The molecular weight excluding hydrogens is 306 g/mol. The van der Waals surface area contributed by atoms with Gasteiger partial charge in [0.1, 0.15) is 17.4 Å². The number of benzene rings is 2. The zero-order valence-electron chi connectivity index (χ0n) is 11.2. The first-order valence-electron chi connectivity index (χ1n) is 6.24. The second kappa shape index (κ2) is 4.97. The van der Waals surface area contributed by atoms with Crippen molar-refractivity contribution in [3.63, 3.8) is 0 Å². The number of hydrogen-bond acceptors (Lipinski definition) is 4. The number of rotatable bonds is 3. The van der Waals surface area contributed by atoms with E-state index >= 15 is 0 Å². The Hall–Kier alpha value is -2.64. The van der Waals surface area contributed by atoms with Gasteiger partial charge in [-0.05, 0) is 35.4 Å². The molecule has 0 bridgehead atoms. The molecule has 0 unspecified atom stereocenters. The van der Waals surface area contributed by atoms with Gasteiger partial charge in [0.05, 0.1) is 4.90 Å². The van der Waals surface area contributed by atoms with Crippen LogP contribution in [0, 0.1) is 0 Å². The molecule has 3 aromatic rings. The molecule has 6 nitrogen and oxygen atoms in total. The van der Waals surface area contributed by atoms with Crippen LogP contribution < -0.4 is 5.14 Å². The third-order valence-electron chi connectivity index (χ3n) is 3.30. The van der Waals surface area contributed by atoms with Gasteiger partial charge in [0.25, 0.3) is 0 Å². The van der Waals surface area contributed by atoms with Gasteiger partial charge in [-0.2, -0.15) is 0 Å². The normalized spacial score (nSPS) is 11.7. The highest BCUT2D eigenvalue weighted by atomic mass is 32.2. The Morgan fingerprint density at radius 3 is 2.50 bits per heavy atom. The Balaban J connectivity index is 2.18. The maximum absolute atomic E-state index is 11.4. The van der Waals surface area contributed by atoms with E-state index in [9.17, 15) is 13.2 Å². The lowest BCUT2D eigenvalue weighted by molar-refractivity contribution is 0.0698. The van der Waals surface area contributed by atoms with Crippen molar-refractivity contribution >= 4 is 27.0 Å². The summed E-state index contributed by atoms with van der Waals surface area (Å²) >= 11 is 0. The second-order valence-corrected chi connectivity index (χ2v) is 6.30. The smallest absolute Gasteiger partial charge is 0.339 e. The van der Waals surface area contributed by atoms with Crippen LogP contribution in [-0.2, 0) is 10.0 Å². The topological polar surface area (TPSA) is 111 Å². The first-order chi connectivity index (χ1) is 10.4. The van der Waals surface area contributed by atoms with E-state index in [1.807, 2.05) is 0 Å². The average Bonchev–Trinajstić information content (AvgIpc) is 2.89. The fourth-order valence-corrected chi connectivity index (χ4v) is 2.79. The van der Waals surface area contributed by atoms with Crippen LogP contribution in [0.4, 0.5) is 0 Å².